The van der Waals surface area contributed by atoms with Gasteiger partial charge in [-0.15, -0.1) is 0 Å². The molecule has 0 radical (unpaired) electrons. The van der Waals surface area contributed by atoms with Crippen LogP contribution in [0.2, 0.25) is 0 Å². The molecule has 2 aromatic carbocycles. The van der Waals surface area contributed by atoms with Gasteiger partial charge in [0.05, 0.1) is 5.45 Å². The number of benzene rings is 2. The zero-order valence-corrected chi connectivity index (χ0v) is 10.8. The summed E-state index contributed by atoms with van der Waals surface area (Å²) >= 11 is 3.20. The van der Waals surface area contributed by atoms with Crippen molar-refractivity contribution in [2.45, 2.75) is 0 Å². The average Bonchev–Trinajstić information content (AvgIpc) is 2.40. The molecular formula is C14H12BrNO. The van der Waals surface area contributed by atoms with Crippen LogP contribution in [0.4, 0.5) is 0 Å². The lowest BCUT2D eigenvalue weighted by atomic mass is 9.99. The van der Waals surface area contributed by atoms with Crippen molar-refractivity contribution in [2.75, 3.05) is 5.45 Å². The molecule has 17 heavy (non-hydrogen) atoms. The van der Waals surface area contributed by atoms with Crippen LogP contribution in [-0.2, 0) is 0 Å². The summed E-state index contributed by atoms with van der Waals surface area (Å²) in [7, 11) is 0. The molecule has 0 heterocycles. The van der Waals surface area contributed by atoms with Crippen LogP contribution in [0.3, 0.4) is 0 Å². The summed E-state index contributed by atoms with van der Waals surface area (Å²) in [6, 6.07) is 17.5. The van der Waals surface area contributed by atoms with Crippen molar-refractivity contribution in [3.63, 3.8) is 0 Å². The Labute approximate surface area is 109 Å². The molecule has 2 nitrogen and oxygen atoms in total. The quantitative estimate of drug-likeness (QED) is 0.681. The highest BCUT2D eigenvalue weighted by Crippen LogP contribution is 2.23. The fourth-order valence-corrected chi connectivity index (χ4v) is 1.96. The Kier molecular flexibility index (Phi) is 3.94. The van der Waals surface area contributed by atoms with Crippen LogP contribution in [0.5, 0.6) is 0 Å². The molecule has 1 N–H and O–H groups in total. The van der Waals surface area contributed by atoms with Gasteiger partial charge in [-0.3, -0.25) is 4.79 Å². The predicted molar refractivity (Wildman–Crippen MR) is 73.1 cm³/mol. The molecule has 0 spiro atoms. The standard InChI is InChI=1S/C14H12BrNO/c15-10-16-14(17)13-9-5-4-8-12(13)11-6-2-1-3-7-11/h1-9H,10H2,(H,16,17). The van der Waals surface area contributed by atoms with Crippen molar-refractivity contribution in [3.8, 4) is 11.1 Å². The summed E-state index contributed by atoms with van der Waals surface area (Å²) in [5.41, 5.74) is 3.15. The number of nitrogens with one attached hydrogen (secondary N) is 1. The normalized spacial score (nSPS) is 9.94. The highest BCUT2D eigenvalue weighted by molar-refractivity contribution is 9.09. The van der Waals surface area contributed by atoms with Crippen molar-refractivity contribution in [1.29, 1.82) is 0 Å². The van der Waals surface area contributed by atoms with Crippen molar-refractivity contribution in [1.82, 2.24) is 5.32 Å². The minimum atomic E-state index is -0.0682. The molecule has 86 valence electrons. The van der Waals surface area contributed by atoms with E-state index < -0.39 is 0 Å². The van der Waals surface area contributed by atoms with Gasteiger partial charge in [0.15, 0.2) is 0 Å². The van der Waals surface area contributed by atoms with E-state index in [1.54, 1.807) is 0 Å². The van der Waals surface area contributed by atoms with Crippen LogP contribution in [0.1, 0.15) is 10.4 Å². The topological polar surface area (TPSA) is 29.1 Å². The van der Waals surface area contributed by atoms with E-state index in [9.17, 15) is 4.79 Å². The minimum absolute atomic E-state index is 0.0682. The van der Waals surface area contributed by atoms with Crippen LogP contribution >= 0.6 is 15.9 Å². The van der Waals surface area contributed by atoms with Crippen LogP contribution in [0, 0.1) is 0 Å². The molecular weight excluding hydrogens is 278 g/mol. The Balaban J connectivity index is 2.45. The Morgan fingerprint density at radius 2 is 1.65 bits per heavy atom. The Morgan fingerprint density at radius 3 is 2.35 bits per heavy atom. The minimum Gasteiger partial charge on any atom is -0.342 e. The van der Waals surface area contributed by atoms with Gasteiger partial charge in [0, 0.05) is 5.56 Å². The van der Waals surface area contributed by atoms with E-state index in [2.05, 4.69) is 21.2 Å². The third-order valence-corrected chi connectivity index (χ3v) is 2.76. The SMILES string of the molecule is O=C(NCBr)c1ccccc1-c1ccccc1. The van der Waals surface area contributed by atoms with Gasteiger partial charge in [-0.2, -0.15) is 0 Å². The second-order valence-corrected chi connectivity index (χ2v) is 4.11. The molecule has 1 amide bonds. The average molecular weight is 290 g/mol. The first-order valence-electron chi connectivity index (χ1n) is 5.31. The predicted octanol–water partition coefficient (Wildman–Crippen LogP) is 3.44. The molecule has 0 aliphatic carbocycles. The maximum absolute atomic E-state index is 11.9. The second kappa shape index (κ2) is 5.64. The number of rotatable bonds is 3. The van der Waals surface area contributed by atoms with E-state index in [1.165, 1.54) is 0 Å². The molecule has 0 aromatic heterocycles. The molecule has 0 aliphatic heterocycles. The molecule has 0 saturated heterocycles. The third kappa shape index (κ3) is 2.74. The molecule has 0 unspecified atom stereocenters. The smallest absolute Gasteiger partial charge is 0.252 e. The van der Waals surface area contributed by atoms with Crippen molar-refractivity contribution in [2.24, 2.45) is 0 Å². The van der Waals surface area contributed by atoms with Gasteiger partial charge in [-0.1, -0.05) is 64.5 Å². The zero-order valence-electron chi connectivity index (χ0n) is 9.19. The van der Waals surface area contributed by atoms with Gasteiger partial charge in [0.25, 0.3) is 5.91 Å². The Bertz CT molecular complexity index is 511. The summed E-state index contributed by atoms with van der Waals surface area (Å²) in [6.07, 6.45) is 0. The molecule has 0 aliphatic rings. The zero-order chi connectivity index (χ0) is 12.1. The van der Waals surface area contributed by atoms with Gasteiger partial charge < -0.3 is 5.32 Å². The van der Waals surface area contributed by atoms with Crippen LogP contribution in [0.15, 0.2) is 54.6 Å². The van der Waals surface area contributed by atoms with Crippen molar-refractivity contribution in [3.05, 3.63) is 60.2 Å². The highest BCUT2D eigenvalue weighted by atomic mass is 79.9. The Morgan fingerprint density at radius 1 is 1.00 bits per heavy atom. The van der Waals surface area contributed by atoms with Gasteiger partial charge >= 0.3 is 0 Å². The molecule has 0 bridgehead atoms. The molecule has 2 rings (SSSR count). The molecule has 3 heteroatoms. The van der Waals surface area contributed by atoms with Gasteiger partial charge in [-0.05, 0) is 17.2 Å². The number of amides is 1. The van der Waals surface area contributed by atoms with Gasteiger partial charge in [0.1, 0.15) is 0 Å². The number of carbonyl (C=O) groups is 1. The Hall–Kier alpha value is -1.61. The lowest BCUT2D eigenvalue weighted by Gasteiger charge is -2.08. The maximum atomic E-state index is 11.9. The lowest BCUT2D eigenvalue weighted by Crippen LogP contribution is -2.21. The first-order chi connectivity index (χ1) is 8.33. The maximum Gasteiger partial charge on any atom is 0.252 e. The molecule has 2 aromatic rings. The van der Waals surface area contributed by atoms with E-state index >= 15 is 0 Å². The number of carbonyl (C=O) groups excluding carboxylic acids is 1. The second-order valence-electron chi connectivity index (χ2n) is 3.55. The number of halogens is 1. The van der Waals surface area contributed by atoms with Crippen molar-refractivity contribution >= 4 is 21.8 Å². The first kappa shape index (κ1) is 11.9. The summed E-state index contributed by atoms with van der Waals surface area (Å²) in [6.45, 7) is 0. The summed E-state index contributed by atoms with van der Waals surface area (Å²) in [4.78, 5) is 11.9. The molecule has 0 fully saturated rings. The number of hydrogen-bond acceptors (Lipinski definition) is 1. The van der Waals surface area contributed by atoms with Crippen LogP contribution in [-0.4, -0.2) is 11.4 Å². The van der Waals surface area contributed by atoms with Gasteiger partial charge in [-0.25, -0.2) is 0 Å². The van der Waals surface area contributed by atoms with E-state index in [0.717, 1.165) is 11.1 Å². The van der Waals surface area contributed by atoms with Crippen molar-refractivity contribution < 1.29 is 4.79 Å². The van der Waals surface area contributed by atoms with Crippen LogP contribution < -0.4 is 5.32 Å². The van der Waals surface area contributed by atoms with E-state index in [-0.39, 0.29) is 5.91 Å². The molecule has 0 saturated carbocycles. The third-order valence-electron chi connectivity index (χ3n) is 2.48. The van der Waals surface area contributed by atoms with E-state index in [4.69, 9.17) is 0 Å². The largest absolute Gasteiger partial charge is 0.342 e. The summed E-state index contributed by atoms with van der Waals surface area (Å²) < 4.78 is 0. The number of alkyl halides is 1. The van der Waals surface area contributed by atoms with E-state index in [0.29, 0.717) is 11.0 Å². The van der Waals surface area contributed by atoms with E-state index in [1.807, 2.05) is 54.6 Å². The van der Waals surface area contributed by atoms with Gasteiger partial charge in [0.2, 0.25) is 0 Å². The fraction of sp³-hybridized carbons (Fsp3) is 0.0714. The summed E-state index contributed by atoms with van der Waals surface area (Å²) in [5.74, 6) is -0.0682. The monoisotopic (exact) mass is 289 g/mol. The lowest BCUT2D eigenvalue weighted by molar-refractivity contribution is 0.0962. The highest BCUT2D eigenvalue weighted by Gasteiger charge is 2.10. The fourth-order valence-electron chi connectivity index (χ4n) is 1.71. The first-order valence-corrected chi connectivity index (χ1v) is 6.43. The number of hydrogen-bond donors (Lipinski definition) is 1. The summed E-state index contributed by atoms with van der Waals surface area (Å²) in [5, 5.41) is 2.75. The molecule has 0 atom stereocenters. The van der Waals surface area contributed by atoms with Crippen LogP contribution in [0.25, 0.3) is 11.1 Å².